The van der Waals surface area contributed by atoms with Crippen molar-refractivity contribution in [3.63, 3.8) is 0 Å². The molecule has 2 heterocycles. The van der Waals surface area contributed by atoms with E-state index in [0.717, 1.165) is 19.6 Å². The molecule has 0 unspecified atom stereocenters. The SMILES string of the molecule is Cc1cc(C(=O)N(C)CCN2CCCC2)nc(Cl)n1. The Labute approximate surface area is 118 Å². The number of likely N-dealkylation sites (tertiary alicyclic amines) is 1. The highest BCUT2D eigenvalue weighted by Crippen LogP contribution is 2.09. The van der Waals surface area contributed by atoms with Gasteiger partial charge in [-0.05, 0) is 50.5 Å². The van der Waals surface area contributed by atoms with Crippen molar-refractivity contribution in [1.82, 2.24) is 19.8 Å². The molecule has 0 aromatic carbocycles. The summed E-state index contributed by atoms with van der Waals surface area (Å²) >= 11 is 5.78. The van der Waals surface area contributed by atoms with Crippen LogP contribution in [0.4, 0.5) is 0 Å². The molecule has 1 fully saturated rings. The van der Waals surface area contributed by atoms with Gasteiger partial charge < -0.3 is 9.80 Å². The van der Waals surface area contributed by atoms with Crippen molar-refractivity contribution in [3.8, 4) is 0 Å². The number of likely N-dealkylation sites (N-methyl/N-ethyl adjacent to an activating group) is 1. The zero-order valence-electron chi connectivity index (χ0n) is 11.4. The van der Waals surface area contributed by atoms with Crippen LogP contribution >= 0.6 is 11.6 Å². The third-order valence-electron chi connectivity index (χ3n) is 3.34. The number of aromatic nitrogens is 2. The van der Waals surface area contributed by atoms with Gasteiger partial charge in [0, 0.05) is 25.8 Å². The van der Waals surface area contributed by atoms with E-state index < -0.39 is 0 Å². The fourth-order valence-corrected chi connectivity index (χ4v) is 2.46. The largest absolute Gasteiger partial charge is 0.339 e. The van der Waals surface area contributed by atoms with Gasteiger partial charge in [-0.1, -0.05) is 0 Å². The van der Waals surface area contributed by atoms with Gasteiger partial charge in [0.1, 0.15) is 5.69 Å². The number of rotatable bonds is 4. The number of halogens is 1. The van der Waals surface area contributed by atoms with Gasteiger partial charge in [-0.15, -0.1) is 0 Å². The first kappa shape index (κ1) is 14.2. The maximum absolute atomic E-state index is 12.2. The Kier molecular flexibility index (Phi) is 4.71. The van der Waals surface area contributed by atoms with Crippen LogP contribution in [0.25, 0.3) is 0 Å². The number of hydrogen-bond donors (Lipinski definition) is 0. The Morgan fingerprint density at radius 3 is 2.74 bits per heavy atom. The van der Waals surface area contributed by atoms with Crippen LogP contribution in [-0.2, 0) is 0 Å². The Morgan fingerprint density at radius 1 is 1.42 bits per heavy atom. The molecule has 0 bridgehead atoms. The van der Waals surface area contributed by atoms with Crippen LogP contribution < -0.4 is 0 Å². The predicted molar refractivity (Wildman–Crippen MR) is 74.4 cm³/mol. The molecular formula is C13H19ClN4O. The van der Waals surface area contributed by atoms with Gasteiger partial charge in [0.05, 0.1) is 0 Å². The summed E-state index contributed by atoms with van der Waals surface area (Å²) in [5, 5.41) is 0.122. The van der Waals surface area contributed by atoms with Crippen LogP contribution in [0.1, 0.15) is 29.0 Å². The summed E-state index contributed by atoms with van der Waals surface area (Å²) in [4.78, 5) is 24.2. The van der Waals surface area contributed by atoms with Crippen molar-refractivity contribution in [1.29, 1.82) is 0 Å². The van der Waals surface area contributed by atoms with E-state index in [-0.39, 0.29) is 11.2 Å². The fraction of sp³-hybridized carbons (Fsp3) is 0.615. The van der Waals surface area contributed by atoms with E-state index >= 15 is 0 Å². The van der Waals surface area contributed by atoms with E-state index in [1.54, 1.807) is 24.9 Å². The standard InChI is InChI=1S/C13H19ClN4O/c1-10-9-11(16-13(14)15-10)12(19)17(2)7-8-18-5-3-4-6-18/h9H,3-8H2,1-2H3. The molecule has 0 radical (unpaired) electrons. The molecule has 1 aliphatic heterocycles. The van der Waals surface area contributed by atoms with E-state index in [1.165, 1.54) is 12.8 Å². The van der Waals surface area contributed by atoms with Crippen LogP contribution in [0.15, 0.2) is 6.07 Å². The van der Waals surface area contributed by atoms with E-state index in [0.29, 0.717) is 17.9 Å². The Hall–Kier alpha value is -1.20. The molecule has 6 heteroatoms. The lowest BCUT2D eigenvalue weighted by Gasteiger charge is -2.21. The maximum atomic E-state index is 12.2. The summed E-state index contributed by atoms with van der Waals surface area (Å²) in [6.07, 6.45) is 2.52. The molecule has 0 saturated carbocycles. The molecule has 0 aliphatic carbocycles. The number of hydrogen-bond acceptors (Lipinski definition) is 4. The van der Waals surface area contributed by atoms with Crippen LogP contribution in [-0.4, -0.2) is 58.9 Å². The molecule has 19 heavy (non-hydrogen) atoms. The molecule has 1 amide bonds. The molecule has 0 atom stereocenters. The lowest BCUT2D eigenvalue weighted by Crippen LogP contribution is -2.35. The van der Waals surface area contributed by atoms with Gasteiger partial charge in [-0.2, -0.15) is 0 Å². The molecule has 2 rings (SSSR count). The van der Waals surface area contributed by atoms with Gasteiger partial charge in [0.15, 0.2) is 0 Å². The molecule has 1 aromatic rings. The average molecular weight is 283 g/mol. The summed E-state index contributed by atoms with van der Waals surface area (Å²) in [6.45, 7) is 5.70. The third kappa shape index (κ3) is 3.88. The molecule has 1 saturated heterocycles. The summed E-state index contributed by atoms with van der Waals surface area (Å²) < 4.78 is 0. The van der Waals surface area contributed by atoms with Crippen LogP contribution in [0.2, 0.25) is 5.28 Å². The fourth-order valence-electron chi connectivity index (χ4n) is 2.24. The van der Waals surface area contributed by atoms with Crippen molar-refractivity contribution >= 4 is 17.5 Å². The van der Waals surface area contributed by atoms with Crippen LogP contribution in [0, 0.1) is 6.92 Å². The number of carbonyl (C=O) groups is 1. The van der Waals surface area contributed by atoms with Crippen molar-refractivity contribution in [2.45, 2.75) is 19.8 Å². The Bertz CT molecular complexity index is 440. The second-order valence-electron chi connectivity index (χ2n) is 4.94. The highest BCUT2D eigenvalue weighted by Gasteiger charge is 2.17. The Morgan fingerprint density at radius 2 is 2.11 bits per heavy atom. The van der Waals surface area contributed by atoms with Crippen LogP contribution in [0.5, 0.6) is 0 Å². The molecule has 104 valence electrons. The molecule has 1 aliphatic rings. The van der Waals surface area contributed by atoms with E-state index in [1.807, 2.05) is 0 Å². The second-order valence-corrected chi connectivity index (χ2v) is 5.28. The lowest BCUT2D eigenvalue weighted by atomic mass is 10.3. The number of nitrogens with zero attached hydrogens (tertiary/aromatic N) is 4. The maximum Gasteiger partial charge on any atom is 0.272 e. The Balaban J connectivity index is 1.93. The predicted octanol–water partition coefficient (Wildman–Crippen LogP) is 1.61. The zero-order valence-corrected chi connectivity index (χ0v) is 12.2. The number of carbonyl (C=O) groups excluding carboxylic acids is 1. The van der Waals surface area contributed by atoms with Gasteiger partial charge in [-0.3, -0.25) is 4.79 Å². The molecule has 0 N–H and O–H groups in total. The minimum atomic E-state index is -0.105. The average Bonchev–Trinajstić information content (AvgIpc) is 2.87. The van der Waals surface area contributed by atoms with Crippen molar-refractivity contribution in [2.24, 2.45) is 0 Å². The molecule has 5 nitrogen and oxygen atoms in total. The normalized spacial score (nSPS) is 15.7. The van der Waals surface area contributed by atoms with Gasteiger partial charge in [0.25, 0.3) is 5.91 Å². The summed E-state index contributed by atoms with van der Waals surface area (Å²) in [6, 6.07) is 1.67. The highest BCUT2D eigenvalue weighted by atomic mass is 35.5. The highest BCUT2D eigenvalue weighted by molar-refractivity contribution is 6.28. The number of aryl methyl sites for hydroxylation is 1. The van der Waals surface area contributed by atoms with E-state index in [4.69, 9.17) is 11.6 Å². The van der Waals surface area contributed by atoms with Gasteiger partial charge in [0.2, 0.25) is 5.28 Å². The van der Waals surface area contributed by atoms with Crippen LogP contribution in [0.3, 0.4) is 0 Å². The quantitative estimate of drug-likeness (QED) is 0.787. The van der Waals surface area contributed by atoms with Gasteiger partial charge >= 0.3 is 0 Å². The molecule has 0 spiro atoms. The first-order valence-corrected chi connectivity index (χ1v) is 6.93. The minimum Gasteiger partial charge on any atom is -0.339 e. The van der Waals surface area contributed by atoms with Gasteiger partial charge in [-0.25, -0.2) is 9.97 Å². The summed E-state index contributed by atoms with van der Waals surface area (Å²) in [5.74, 6) is -0.105. The topological polar surface area (TPSA) is 49.3 Å². The minimum absolute atomic E-state index is 0.105. The molecular weight excluding hydrogens is 264 g/mol. The summed E-state index contributed by atoms with van der Waals surface area (Å²) in [5.41, 5.74) is 1.07. The van der Waals surface area contributed by atoms with E-state index in [9.17, 15) is 4.79 Å². The lowest BCUT2D eigenvalue weighted by molar-refractivity contribution is 0.0776. The van der Waals surface area contributed by atoms with Crippen molar-refractivity contribution in [2.75, 3.05) is 33.2 Å². The first-order chi connectivity index (χ1) is 9.06. The van der Waals surface area contributed by atoms with Crippen molar-refractivity contribution in [3.05, 3.63) is 22.7 Å². The first-order valence-electron chi connectivity index (χ1n) is 6.55. The van der Waals surface area contributed by atoms with Crippen molar-refractivity contribution < 1.29 is 4.79 Å². The second kappa shape index (κ2) is 6.30. The summed E-state index contributed by atoms with van der Waals surface area (Å²) in [7, 11) is 1.80. The smallest absolute Gasteiger partial charge is 0.272 e. The number of amides is 1. The zero-order chi connectivity index (χ0) is 13.8. The monoisotopic (exact) mass is 282 g/mol. The molecule has 1 aromatic heterocycles. The third-order valence-corrected chi connectivity index (χ3v) is 3.51. The van der Waals surface area contributed by atoms with E-state index in [2.05, 4.69) is 14.9 Å².